The van der Waals surface area contributed by atoms with Gasteiger partial charge in [0.1, 0.15) is 0 Å². The topological polar surface area (TPSA) is 61.7 Å². The molecule has 2 aromatic rings. The number of hydrogen-bond donors (Lipinski definition) is 2. The highest BCUT2D eigenvalue weighted by Gasteiger charge is 2.05. The van der Waals surface area contributed by atoms with Crippen LogP contribution in [0.3, 0.4) is 0 Å². The van der Waals surface area contributed by atoms with Gasteiger partial charge in [-0.3, -0.25) is 4.99 Å². The van der Waals surface area contributed by atoms with Gasteiger partial charge in [-0.15, -0.1) is 0 Å². The van der Waals surface area contributed by atoms with Crippen LogP contribution >= 0.6 is 11.8 Å². The van der Waals surface area contributed by atoms with Crippen LogP contribution in [0.1, 0.15) is 23.1 Å². The van der Waals surface area contributed by atoms with Crippen molar-refractivity contribution < 1.29 is 9.90 Å². The van der Waals surface area contributed by atoms with Gasteiger partial charge >= 0.3 is 5.97 Å². The number of nitrogens with one attached hydrogen (secondary N) is 1. The van der Waals surface area contributed by atoms with Crippen molar-refractivity contribution in [3.63, 3.8) is 0 Å². The Hall–Kier alpha value is -2.79. The van der Waals surface area contributed by atoms with Gasteiger partial charge < -0.3 is 10.4 Å². The quantitative estimate of drug-likeness (QED) is 0.587. The Morgan fingerprint density at radius 3 is 2.46 bits per heavy atom. The molecule has 132 valence electrons. The van der Waals surface area contributed by atoms with Gasteiger partial charge in [-0.2, -0.15) is 0 Å². The van der Waals surface area contributed by atoms with E-state index >= 15 is 0 Å². The van der Waals surface area contributed by atoms with E-state index in [0.717, 1.165) is 52.3 Å². The number of carboxylic acids is 1. The lowest BCUT2D eigenvalue weighted by molar-refractivity contribution is -0.131. The van der Waals surface area contributed by atoms with Gasteiger partial charge in [0.25, 0.3) is 0 Å². The average molecular weight is 364 g/mol. The van der Waals surface area contributed by atoms with Gasteiger partial charge in [0.05, 0.1) is 0 Å². The first kappa shape index (κ1) is 18.0. The number of nitrogens with zero attached hydrogens (tertiary/aromatic N) is 1. The Kier molecular flexibility index (Phi) is 6.28. The maximum absolute atomic E-state index is 10.5. The summed E-state index contributed by atoms with van der Waals surface area (Å²) >= 11 is 1.76. The summed E-state index contributed by atoms with van der Waals surface area (Å²) in [6.07, 6.45) is 7.96. The van der Waals surface area contributed by atoms with Crippen LogP contribution in [0.25, 0.3) is 18.2 Å². The molecule has 1 aliphatic rings. The van der Waals surface area contributed by atoms with Gasteiger partial charge in [-0.1, -0.05) is 60.3 Å². The maximum atomic E-state index is 10.5. The SMILES string of the molecule is O=C(O)/C=C/c1ccc(/C=C/c2cccc(NC3=NCCCS3)c2)cc1. The van der Waals surface area contributed by atoms with Crippen molar-refractivity contribution in [2.75, 3.05) is 17.6 Å². The predicted octanol–water partition coefficient (Wildman–Crippen LogP) is 4.86. The average Bonchev–Trinajstić information content (AvgIpc) is 2.67. The molecule has 0 saturated heterocycles. The Balaban J connectivity index is 1.65. The molecule has 0 atom stereocenters. The van der Waals surface area contributed by atoms with Crippen molar-refractivity contribution in [1.29, 1.82) is 0 Å². The maximum Gasteiger partial charge on any atom is 0.328 e. The fourth-order valence-electron chi connectivity index (χ4n) is 2.46. The van der Waals surface area contributed by atoms with Gasteiger partial charge in [-0.25, -0.2) is 4.79 Å². The summed E-state index contributed by atoms with van der Waals surface area (Å²) in [6, 6.07) is 15.9. The molecule has 0 aromatic heterocycles. The Bertz CT molecular complexity index is 855. The van der Waals surface area contributed by atoms with Crippen LogP contribution < -0.4 is 5.32 Å². The molecular formula is C21H20N2O2S. The minimum atomic E-state index is -0.944. The number of anilines is 1. The lowest BCUT2D eigenvalue weighted by Crippen LogP contribution is -2.13. The van der Waals surface area contributed by atoms with Crippen LogP contribution in [-0.2, 0) is 4.79 Å². The molecule has 1 heterocycles. The first-order valence-corrected chi connectivity index (χ1v) is 9.41. The number of aliphatic carboxylic acids is 1. The third kappa shape index (κ3) is 5.63. The second-order valence-electron chi connectivity index (χ2n) is 5.81. The molecule has 0 saturated carbocycles. The molecule has 5 heteroatoms. The van der Waals surface area contributed by atoms with E-state index in [4.69, 9.17) is 5.11 Å². The predicted molar refractivity (Wildman–Crippen MR) is 111 cm³/mol. The van der Waals surface area contributed by atoms with Crippen LogP contribution in [0.4, 0.5) is 5.69 Å². The first-order chi connectivity index (χ1) is 12.7. The second kappa shape index (κ2) is 9.06. The summed E-state index contributed by atoms with van der Waals surface area (Å²) in [5.74, 6) is 0.170. The van der Waals surface area contributed by atoms with E-state index in [1.54, 1.807) is 17.8 Å². The first-order valence-electron chi connectivity index (χ1n) is 8.42. The largest absolute Gasteiger partial charge is 0.478 e. The molecule has 0 spiro atoms. The number of benzene rings is 2. The fraction of sp³-hybridized carbons (Fsp3) is 0.143. The zero-order valence-corrected chi connectivity index (χ0v) is 15.1. The minimum absolute atomic E-state index is 0.863. The molecule has 0 radical (unpaired) electrons. The van der Waals surface area contributed by atoms with Crippen molar-refractivity contribution >= 4 is 46.8 Å². The molecule has 0 fully saturated rings. The molecule has 3 rings (SSSR count). The molecule has 0 amide bonds. The van der Waals surface area contributed by atoms with E-state index in [1.165, 1.54) is 0 Å². The van der Waals surface area contributed by atoms with Crippen LogP contribution in [0.5, 0.6) is 0 Å². The second-order valence-corrected chi connectivity index (χ2v) is 6.89. The van der Waals surface area contributed by atoms with Crippen molar-refractivity contribution in [2.24, 2.45) is 4.99 Å². The summed E-state index contributed by atoms with van der Waals surface area (Å²) < 4.78 is 0. The molecule has 4 nitrogen and oxygen atoms in total. The van der Waals surface area contributed by atoms with Crippen molar-refractivity contribution in [3.8, 4) is 0 Å². The standard InChI is InChI=1S/C21H20N2O2S/c24-20(25)12-11-17-7-5-16(6-8-17)9-10-18-3-1-4-19(15-18)23-21-22-13-2-14-26-21/h1,3-12,15H,2,13-14H2,(H,22,23)(H,24,25)/b10-9+,12-11+. The van der Waals surface area contributed by atoms with Crippen molar-refractivity contribution in [3.05, 3.63) is 71.3 Å². The third-order valence-corrected chi connectivity index (χ3v) is 4.75. The number of rotatable bonds is 5. The molecular weight excluding hydrogens is 344 g/mol. The Morgan fingerprint density at radius 2 is 1.77 bits per heavy atom. The van der Waals surface area contributed by atoms with Crippen molar-refractivity contribution in [1.82, 2.24) is 0 Å². The lowest BCUT2D eigenvalue weighted by Gasteiger charge is -2.13. The third-order valence-electron chi connectivity index (χ3n) is 3.76. The van der Waals surface area contributed by atoms with Gasteiger partial charge in [0.2, 0.25) is 0 Å². The van der Waals surface area contributed by atoms with E-state index < -0.39 is 5.97 Å². The van der Waals surface area contributed by atoms with E-state index in [2.05, 4.69) is 28.5 Å². The van der Waals surface area contributed by atoms with Gasteiger partial charge in [-0.05, 0) is 41.3 Å². The minimum Gasteiger partial charge on any atom is -0.478 e. The van der Waals surface area contributed by atoms with Crippen LogP contribution in [0.15, 0.2) is 59.6 Å². The summed E-state index contributed by atoms with van der Waals surface area (Å²) in [6.45, 7) is 0.895. The van der Waals surface area contributed by atoms with E-state index in [-0.39, 0.29) is 0 Å². The van der Waals surface area contributed by atoms with Crippen LogP contribution in [-0.4, -0.2) is 28.5 Å². The van der Waals surface area contributed by atoms with E-state index in [1.807, 2.05) is 42.5 Å². The van der Waals surface area contributed by atoms with Crippen LogP contribution in [0.2, 0.25) is 0 Å². The Labute approximate surface area is 157 Å². The number of thioether (sulfide) groups is 1. The van der Waals surface area contributed by atoms with E-state index in [0.29, 0.717) is 0 Å². The fourth-order valence-corrected chi connectivity index (χ4v) is 3.30. The molecule has 1 aliphatic heterocycles. The molecule has 26 heavy (non-hydrogen) atoms. The zero-order valence-electron chi connectivity index (χ0n) is 14.3. The summed E-state index contributed by atoms with van der Waals surface area (Å²) in [4.78, 5) is 15.0. The zero-order chi connectivity index (χ0) is 18.2. The van der Waals surface area contributed by atoms with Gasteiger partial charge in [0, 0.05) is 24.1 Å². The normalized spacial score (nSPS) is 14.5. The number of hydrogen-bond acceptors (Lipinski definition) is 4. The highest BCUT2D eigenvalue weighted by atomic mass is 32.2. The summed E-state index contributed by atoms with van der Waals surface area (Å²) in [5, 5.41) is 13.0. The highest BCUT2D eigenvalue weighted by Crippen LogP contribution is 2.18. The molecule has 0 unspecified atom stereocenters. The lowest BCUT2D eigenvalue weighted by atomic mass is 10.1. The number of carbonyl (C=O) groups is 1. The highest BCUT2D eigenvalue weighted by molar-refractivity contribution is 8.14. The molecule has 2 N–H and O–H groups in total. The monoisotopic (exact) mass is 364 g/mol. The summed E-state index contributed by atoms with van der Waals surface area (Å²) in [7, 11) is 0. The molecule has 0 bridgehead atoms. The smallest absolute Gasteiger partial charge is 0.328 e. The molecule has 0 aliphatic carbocycles. The summed E-state index contributed by atoms with van der Waals surface area (Å²) in [5.41, 5.74) is 4.06. The van der Waals surface area contributed by atoms with Crippen LogP contribution in [0, 0.1) is 0 Å². The number of carboxylic acid groups (broad SMARTS) is 1. The van der Waals surface area contributed by atoms with Gasteiger partial charge in [0.15, 0.2) is 5.17 Å². The molecule has 2 aromatic carbocycles. The van der Waals surface area contributed by atoms with Crippen molar-refractivity contribution in [2.45, 2.75) is 6.42 Å². The van der Waals surface area contributed by atoms with E-state index in [9.17, 15) is 4.79 Å². The number of aliphatic imine (C=N–C) groups is 1. The Morgan fingerprint density at radius 1 is 1.04 bits per heavy atom. The number of amidine groups is 1.